The smallest absolute Gasteiger partial charge is 0.323 e. The Morgan fingerprint density at radius 2 is 2.30 bits per heavy atom. The van der Waals surface area contributed by atoms with Crippen molar-refractivity contribution >= 4 is 11.8 Å². The molecule has 1 unspecified atom stereocenters. The van der Waals surface area contributed by atoms with Crippen LogP contribution in [0, 0.1) is 5.82 Å². The molecule has 1 fully saturated rings. The van der Waals surface area contributed by atoms with Gasteiger partial charge in [0.05, 0.1) is 11.7 Å². The minimum absolute atomic E-state index is 0.0563. The van der Waals surface area contributed by atoms with Crippen molar-refractivity contribution in [2.45, 2.75) is 18.9 Å². The number of urea groups is 1. The van der Waals surface area contributed by atoms with E-state index < -0.39 is 5.82 Å². The third-order valence-electron chi connectivity index (χ3n) is 3.88. The second kappa shape index (κ2) is 6.78. The molecule has 0 bridgehead atoms. The number of rotatable bonds is 3. The minimum atomic E-state index is -0.402. The van der Waals surface area contributed by atoms with Gasteiger partial charge in [-0.15, -0.1) is 0 Å². The first kappa shape index (κ1) is 15.5. The van der Waals surface area contributed by atoms with E-state index in [2.05, 4.69) is 10.5 Å². The first-order valence-corrected chi connectivity index (χ1v) is 7.47. The molecule has 0 radical (unpaired) electrons. The quantitative estimate of drug-likeness (QED) is 0.944. The predicted molar refractivity (Wildman–Crippen MR) is 82.5 cm³/mol. The standard InChI is InChI=1S/C16H18FN3O3/c1-22-11-5-4-8-20(10-11)16(21)18-15-9-14(23-19-15)12-6-2-3-7-13(12)17/h2-3,6-7,9,11H,4-5,8,10H2,1H3,(H,18,19,21). The summed E-state index contributed by atoms with van der Waals surface area (Å²) in [4.78, 5) is 13.9. The molecule has 122 valence electrons. The zero-order valence-electron chi connectivity index (χ0n) is 12.8. The van der Waals surface area contributed by atoms with Crippen LogP contribution in [0.1, 0.15) is 12.8 Å². The maximum absolute atomic E-state index is 13.7. The summed E-state index contributed by atoms with van der Waals surface area (Å²) < 4.78 is 24.1. The van der Waals surface area contributed by atoms with Crippen molar-refractivity contribution in [3.63, 3.8) is 0 Å². The lowest BCUT2D eigenvalue weighted by atomic mass is 10.1. The van der Waals surface area contributed by atoms with Crippen molar-refractivity contribution < 1.29 is 18.4 Å². The Bertz CT molecular complexity index is 689. The first-order chi connectivity index (χ1) is 11.2. The second-order valence-corrected chi connectivity index (χ2v) is 5.43. The number of amides is 2. The number of carbonyl (C=O) groups is 1. The molecule has 1 aromatic heterocycles. The molecular weight excluding hydrogens is 301 g/mol. The SMILES string of the molecule is COC1CCCN(C(=O)Nc2cc(-c3ccccc3F)on2)C1. The van der Waals surface area contributed by atoms with Crippen molar-refractivity contribution in [3.05, 3.63) is 36.1 Å². The molecule has 1 N–H and O–H groups in total. The van der Waals surface area contributed by atoms with Gasteiger partial charge in [-0.3, -0.25) is 5.32 Å². The van der Waals surface area contributed by atoms with E-state index in [1.54, 1.807) is 30.2 Å². The van der Waals surface area contributed by atoms with Crippen LogP contribution in [-0.2, 0) is 4.74 Å². The van der Waals surface area contributed by atoms with E-state index >= 15 is 0 Å². The fourth-order valence-corrected chi connectivity index (χ4v) is 2.63. The third kappa shape index (κ3) is 3.50. The fraction of sp³-hybridized carbons (Fsp3) is 0.375. The summed E-state index contributed by atoms with van der Waals surface area (Å²) in [5.41, 5.74) is 0.304. The zero-order chi connectivity index (χ0) is 16.2. The fourth-order valence-electron chi connectivity index (χ4n) is 2.63. The molecule has 2 amide bonds. The largest absolute Gasteiger partial charge is 0.380 e. The molecular formula is C16H18FN3O3. The number of aromatic nitrogens is 1. The number of piperidine rings is 1. The van der Waals surface area contributed by atoms with Crippen molar-refractivity contribution in [3.8, 4) is 11.3 Å². The molecule has 1 aliphatic rings. The number of anilines is 1. The highest BCUT2D eigenvalue weighted by atomic mass is 19.1. The lowest BCUT2D eigenvalue weighted by Gasteiger charge is -2.31. The van der Waals surface area contributed by atoms with Gasteiger partial charge in [-0.05, 0) is 25.0 Å². The van der Waals surface area contributed by atoms with Gasteiger partial charge in [0.2, 0.25) is 0 Å². The van der Waals surface area contributed by atoms with Gasteiger partial charge in [-0.1, -0.05) is 17.3 Å². The summed E-state index contributed by atoms with van der Waals surface area (Å²) in [7, 11) is 1.64. The molecule has 6 nitrogen and oxygen atoms in total. The number of nitrogens with zero attached hydrogens (tertiary/aromatic N) is 2. The summed E-state index contributed by atoms with van der Waals surface area (Å²) in [6.45, 7) is 1.21. The van der Waals surface area contributed by atoms with Gasteiger partial charge in [-0.25, -0.2) is 9.18 Å². The molecule has 0 spiro atoms. The number of benzene rings is 1. The van der Waals surface area contributed by atoms with Crippen LogP contribution >= 0.6 is 0 Å². The lowest BCUT2D eigenvalue weighted by molar-refractivity contribution is 0.0458. The van der Waals surface area contributed by atoms with Gasteiger partial charge in [0.25, 0.3) is 0 Å². The van der Waals surface area contributed by atoms with Crippen LogP contribution in [0.25, 0.3) is 11.3 Å². The molecule has 3 rings (SSSR count). The predicted octanol–water partition coefficient (Wildman–Crippen LogP) is 3.12. The van der Waals surface area contributed by atoms with Crippen molar-refractivity contribution in [2.75, 3.05) is 25.5 Å². The Hall–Kier alpha value is -2.41. The van der Waals surface area contributed by atoms with Crippen LogP contribution in [-0.4, -0.2) is 42.4 Å². The highest BCUT2D eigenvalue weighted by molar-refractivity contribution is 5.88. The summed E-state index contributed by atoms with van der Waals surface area (Å²) in [5.74, 6) is 0.125. The van der Waals surface area contributed by atoms with Gasteiger partial charge in [0, 0.05) is 26.3 Å². The average Bonchev–Trinajstić information content (AvgIpc) is 3.03. The molecule has 23 heavy (non-hydrogen) atoms. The van der Waals surface area contributed by atoms with E-state index in [0.29, 0.717) is 18.7 Å². The Morgan fingerprint density at radius 1 is 1.48 bits per heavy atom. The highest BCUT2D eigenvalue weighted by Gasteiger charge is 2.24. The van der Waals surface area contributed by atoms with Crippen LogP contribution in [0.5, 0.6) is 0 Å². The molecule has 0 aliphatic carbocycles. The summed E-state index contributed by atoms with van der Waals surface area (Å²) in [5, 5.41) is 6.45. The molecule has 1 saturated heterocycles. The Labute approximate surface area is 133 Å². The Morgan fingerprint density at radius 3 is 3.09 bits per heavy atom. The molecule has 2 aromatic rings. The summed E-state index contributed by atoms with van der Waals surface area (Å²) in [6.07, 6.45) is 1.90. The van der Waals surface area contributed by atoms with Crippen LogP contribution in [0.15, 0.2) is 34.9 Å². The zero-order valence-corrected chi connectivity index (χ0v) is 12.8. The maximum Gasteiger partial charge on any atom is 0.323 e. The second-order valence-electron chi connectivity index (χ2n) is 5.43. The first-order valence-electron chi connectivity index (χ1n) is 7.47. The number of halogens is 1. The Balaban J connectivity index is 1.67. The molecule has 2 heterocycles. The average molecular weight is 319 g/mol. The van der Waals surface area contributed by atoms with Crippen molar-refractivity contribution in [2.24, 2.45) is 0 Å². The number of ether oxygens (including phenoxy) is 1. The summed E-state index contributed by atoms with van der Waals surface area (Å²) in [6, 6.07) is 7.48. The van der Waals surface area contributed by atoms with Gasteiger partial charge >= 0.3 is 6.03 Å². The van der Waals surface area contributed by atoms with E-state index in [0.717, 1.165) is 12.8 Å². The molecule has 1 atom stereocenters. The molecule has 1 aliphatic heterocycles. The number of hydrogen-bond acceptors (Lipinski definition) is 4. The number of methoxy groups -OCH3 is 1. The van der Waals surface area contributed by atoms with Gasteiger partial charge in [0.1, 0.15) is 5.82 Å². The van der Waals surface area contributed by atoms with Crippen LogP contribution < -0.4 is 5.32 Å². The van der Waals surface area contributed by atoms with Crippen molar-refractivity contribution in [1.82, 2.24) is 10.1 Å². The third-order valence-corrected chi connectivity index (χ3v) is 3.88. The normalized spacial score (nSPS) is 18.0. The van der Waals surface area contributed by atoms with E-state index in [-0.39, 0.29) is 23.7 Å². The Kier molecular flexibility index (Phi) is 4.57. The maximum atomic E-state index is 13.7. The number of likely N-dealkylation sites (tertiary alicyclic amines) is 1. The number of carbonyl (C=O) groups excluding carboxylic acids is 1. The monoisotopic (exact) mass is 319 g/mol. The number of nitrogens with one attached hydrogen (secondary N) is 1. The minimum Gasteiger partial charge on any atom is -0.380 e. The van der Waals surface area contributed by atoms with Crippen LogP contribution in [0.2, 0.25) is 0 Å². The van der Waals surface area contributed by atoms with Gasteiger partial charge in [-0.2, -0.15) is 0 Å². The molecule has 1 aromatic carbocycles. The van der Waals surface area contributed by atoms with E-state index in [9.17, 15) is 9.18 Å². The van der Waals surface area contributed by atoms with E-state index in [1.807, 2.05) is 0 Å². The lowest BCUT2D eigenvalue weighted by Crippen LogP contribution is -2.44. The van der Waals surface area contributed by atoms with E-state index in [4.69, 9.17) is 9.26 Å². The van der Waals surface area contributed by atoms with Crippen LogP contribution in [0.3, 0.4) is 0 Å². The summed E-state index contributed by atoms with van der Waals surface area (Å²) >= 11 is 0. The molecule has 7 heteroatoms. The van der Waals surface area contributed by atoms with Gasteiger partial charge < -0.3 is 14.2 Å². The number of hydrogen-bond donors (Lipinski definition) is 1. The highest BCUT2D eigenvalue weighted by Crippen LogP contribution is 2.25. The van der Waals surface area contributed by atoms with Crippen molar-refractivity contribution in [1.29, 1.82) is 0 Å². The van der Waals surface area contributed by atoms with Gasteiger partial charge in [0.15, 0.2) is 11.6 Å². The molecule has 0 saturated carbocycles. The topological polar surface area (TPSA) is 67.6 Å². The van der Waals surface area contributed by atoms with Crippen LogP contribution in [0.4, 0.5) is 15.0 Å². The van der Waals surface area contributed by atoms with E-state index in [1.165, 1.54) is 12.1 Å².